The lowest BCUT2D eigenvalue weighted by Gasteiger charge is -2.22. The van der Waals surface area contributed by atoms with Crippen LogP contribution in [0.5, 0.6) is 5.75 Å². The fraction of sp³-hybridized carbons (Fsp3) is 0.375. The Labute approximate surface area is 134 Å². The normalized spacial score (nSPS) is 15.2. The topological polar surface area (TPSA) is 71.5 Å². The van der Waals surface area contributed by atoms with Gasteiger partial charge in [-0.05, 0) is 18.6 Å². The van der Waals surface area contributed by atoms with Gasteiger partial charge in [0.25, 0.3) is 5.91 Å². The van der Waals surface area contributed by atoms with Crippen molar-refractivity contribution in [3.8, 4) is 5.75 Å². The Morgan fingerprint density at radius 1 is 1.09 bits per heavy atom. The molecule has 0 unspecified atom stereocenters. The Morgan fingerprint density at radius 2 is 1.83 bits per heavy atom. The van der Waals surface area contributed by atoms with Crippen LogP contribution in [-0.4, -0.2) is 59.0 Å². The number of carbonyl (C=O) groups is 1. The zero-order valence-corrected chi connectivity index (χ0v) is 13.1. The van der Waals surface area contributed by atoms with Gasteiger partial charge in [0, 0.05) is 44.1 Å². The maximum absolute atomic E-state index is 12.5. The van der Waals surface area contributed by atoms with E-state index in [-0.39, 0.29) is 5.91 Å². The Bertz CT molecular complexity index is 647. The average Bonchev–Trinajstić information content (AvgIpc) is 2.88. The van der Waals surface area contributed by atoms with Crippen LogP contribution in [0.2, 0.25) is 0 Å². The summed E-state index contributed by atoms with van der Waals surface area (Å²) in [6.07, 6.45) is 7.48. The molecule has 0 aromatic carbocycles. The summed E-state index contributed by atoms with van der Waals surface area (Å²) in [4.78, 5) is 29.1. The zero-order chi connectivity index (χ0) is 16.1. The van der Waals surface area contributed by atoms with E-state index >= 15 is 0 Å². The average molecular weight is 313 g/mol. The number of nitrogens with zero attached hydrogens (tertiary/aromatic N) is 5. The van der Waals surface area contributed by atoms with Crippen LogP contribution < -0.4 is 9.64 Å². The van der Waals surface area contributed by atoms with Crippen LogP contribution in [0, 0.1) is 0 Å². The van der Waals surface area contributed by atoms with E-state index in [0.717, 1.165) is 19.5 Å². The van der Waals surface area contributed by atoms with Gasteiger partial charge in [0.05, 0.1) is 19.5 Å². The van der Waals surface area contributed by atoms with E-state index < -0.39 is 0 Å². The minimum absolute atomic E-state index is 0.0462. The van der Waals surface area contributed by atoms with Crippen LogP contribution in [0.4, 0.5) is 5.95 Å². The fourth-order valence-corrected chi connectivity index (χ4v) is 2.58. The second kappa shape index (κ2) is 7.04. The number of carbonyl (C=O) groups excluding carboxylic acids is 1. The van der Waals surface area contributed by atoms with Gasteiger partial charge in [-0.2, -0.15) is 0 Å². The summed E-state index contributed by atoms with van der Waals surface area (Å²) in [6.45, 7) is 2.92. The smallest absolute Gasteiger partial charge is 0.254 e. The predicted octanol–water partition coefficient (Wildman–Crippen LogP) is 1.23. The Balaban J connectivity index is 1.66. The molecule has 7 nitrogen and oxygen atoms in total. The number of rotatable bonds is 3. The summed E-state index contributed by atoms with van der Waals surface area (Å²) in [5.74, 6) is 1.35. The molecule has 23 heavy (non-hydrogen) atoms. The van der Waals surface area contributed by atoms with Crippen LogP contribution in [0.15, 0.2) is 36.9 Å². The summed E-state index contributed by atoms with van der Waals surface area (Å²) in [5, 5.41) is 0. The van der Waals surface area contributed by atoms with Crippen molar-refractivity contribution in [3.63, 3.8) is 0 Å². The van der Waals surface area contributed by atoms with E-state index in [0.29, 0.717) is 30.4 Å². The number of aromatic nitrogens is 3. The largest absolute Gasteiger partial charge is 0.494 e. The van der Waals surface area contributed by atoms with Crippen molar-refractivity contribution in [1.29, 1.82) is 0 Å². The third kappa shape index (κ3) is 3.56. The lowest BCUT2D eigenvalue weighted by molar-refractivity contribution is 0.0767. The SMILES string of the molecule is COc1cnc(N2CCCN(C(=O)c3ccncc3)CC2)nc1. The van der Waals surface area contributed by atoms with E-state index in [4.69, 9.17) is 4.74 Å². The van der Waals surface area contributed by atoms with Crippen molar-refractivity contribution in [2.45, 2.75) is 6.42 Å². The molecule has 0 aliphatic carbocycles. The number of ether oxygens (including phenoxy) is 1. The van der Waals surface area contributed by atoms with Gasteiger partial charge in [-0.1, -0.05) is 0 Å². The summed E-state index contributed by atoms with van der Waals surface area (Å²) < 4.78 is 5.08. The van der Waals surface area contributed by atoms with Gasteiger partial charge in [0.15, 0.2) is 5.75 Å². The first kappa shape index (κ1) is 15.2. The summed E-state index contributed by atoms with van der Waals surface area (Å²) in [7, 11) is 1.59. The molecule has 0 radical (unpaired) electrons. The third-order valence-electron chi connectivity index (χ3n) is 3.84. The highest BCUT2D eigenvalue weighted by Crippen LogP contribution is 2.15. The molecule has 1 aliphatic heterocycles. The van der Waals surface area contributed by atoms with Crippen molar-refractivity contribution < 1.29 is 9.53 Å². The fourth-order valence-electron chi connectivity index (χ4n) is 2.58. The lowest BCUT2D eigenvalue weighted by Crippen LogP contribution is -2.35. The standard InChI is InChI=1S/C16H19N5O2/c1-23-14-11-18-16(19-12-14)21-8-2-7-20(9-10-21)15(22)13-3-5-17-6-4-13/h3-6,11-12H,2,7-10H2,1H3. The van der Waals surface area contributed by atoms with Crippen molar-refractivity contribution in [2.24, 2.45) is 0 Å². The van der Waals surface area contributed by atoms with E-state index in [1.165, 1.54) is 0 Å². The number of hydrogen-bond donors (Lipinski definition) is 0. The number of amides is 1. The molecule has 0 N–H and O–H groups in total. The monoisotopic (exact) mass is 313 g/mol. The van der Waals surface area contributed by atoms with Crippen LogP contribution >= 0.6 is 0 Å². The molecular weight excluding hydrogens is 294 g/mol. The van der Waals surface area contributed by atoms with Gasteiger partial charge in [-0.15, -0.1) is 0 Å². The highest BCUT2D eigenvalue weighted by Gasteiger charge is 2.21. The zero-order valence-electron chi connectivity index (χ0n) is 13.1. The number of anilines is 1. The van der Waals surface area contributed by atoms with E-state index in [1.54, 1.807) is 44.0 Å². The first-order valence-electron chi connectivity index (χ1n) is 7.58. The van der Waals surface area contributed by atoms with Gasteiger partial charge >= 0.3 is 0 Å². The van der Waals surface area contributed by atoms with Crippen molar-refractivity contribution in [1.82, 2.24) is 19.9 Å². The molecule has 1 saturated heterocycles. The highest BCUT2D eigenvalue weighted by molar-refractivity contribution is 5.94. The maximum Gasteiger partial charge on any atom is 0.254 e. The molecule has 1 fully saturated rings. The molecular formula is C16H19N5O2. The molecule has 1 amide bonds. The third-order valence-corrected chi connectivity index (χ3v) is 3.84. The lowest BCUT2D eigenvalue weighted by atomic mass is 10.2. The molecule has 3 heterocycles. The molecule has 0 spiro atoms. The Kier molecular flexibility index (Phi) is 4.65. The van der Waals surface area contributed by atoms with Crippen LogP contribution in [0.25, 0.3) is 0 Å². The number of hydrogen-bond acceptors (Lipinski definition) is 6. The van der Waals surface area contributed by atoms with E-state index in [1.807, 2.05) is 4.90 Å². The molecule has 1 aliphatic rings. The van der Waals surface area contributed by atoms with E-state index in [2.05, 4.69) is 19.9 Å². The second-order valence-corrected chi connectivity index (χ2v) is 5.29. The predicted molar refractivity (Wildman–Crippen MR) is 85.6 cm³/mol. The molecule has 7 heteroatoms. The molecule has 120 valence electrons. The van der Waals surface area contributed by atoms with Crippen LogP contribution in [0.1, 0.15) is 16.8 Å². The van der Waals surface area contributed by atoms with Gasteiger partial charge in [0.1, 0.15) is 0 Å². The molecule has 0 atom stereocenters. The number of methoxy groups -OCH3 is 1. The minimum atomic E-state index is 0.0462. The second-order valence-electron chi connectivity index (χ2n) is 5.29. The van der Waals surface area contributed by atoms with E-state index in [9.17, 15) is 4.79 Å². The van der Waals surface area contributed by atoms with Crippen LogP contribution in [0.3, 0.4) is 0 Å². The molecule has 2 aromatic heterocycles. The highest BCUT2D eigenvalue weighted by atomic mass is 16.5. The first-order chi connectivity index (χ1) is 11.3. The summed E-state index contributed by atoms with van der Waals surface area (Å²) in [5.41, 5.74) is 0.675. The molecule has 0 bridgehead atoms. The molecule has 0 saturated carbocycles. The Hall–Kier alpha value is -2.70. The van der Waals surface area contributed by atoms with Crippen molar-refractivity contribution >= 4 is 11.9 Å². The molecule has 3 rings (SSSR count). The van der Waals surface area contributed by atoms with Crippen LogP contribution in [-0.2, 0) is 0 Å². The van der Waals surface area contributed by atoms with Gasteiger partial charge < -0.3 is 14.5 Å². The molecule has 2 aromatic rings. The maximum atomic E-state index is 12.5. The van der Waals surface area contributed by atoms with Gasteiger partial charge in [-0.3, -0.25) is 9.78 Å². The minimum Gasteiger partial charge on any atom is -0.494 e. The van der Waals surface area contributed by atoms with Gasteiger partial charge in [-0.25, -0.2) is 9.97 Å². The van der Waals surface area contributed by atoms with Crippen molar-refractivity contribution in [2.75, 3.05) is 38.2 Å². The summed E-state index contributed by atoms with van der Waals surface area (Å²) in [6, 6.07) is 3.50. The first-order valence-corrected chi connectivity index (χ1v) is 7.58. The van der Waals surface area contributed by atoms with Crippen molar-refractivity contribution in [3.05, 3.63) is 42.5 Å². The number of pyridine rings is 1. The Morgan fingerprint density at radius 3 is 2.52 bits per heavy atom. The summed E-state index contributed by atoms with van der Waals surface area (Å²) >= 11 is 0. The quantitative estimate of drug-likeness (QED) is 0.849. The van der Waals surface area contributed by atoms with Gasteiger partial charge in [0.2, 0.25) is 5.95 Å².